The van der Waals surface area contributed by atoms with Crippen LogP contribution < -0.4 is 0 Å². The molecular weight excluding hydrogens is 240 g/mol. The number of carboxylic acid groups (broad SMARTS) is 1. The molecule has 1 aromatic carbocycles. The minimum atomic E-state index is -0.871. The fourth-order valence-corrected chi connectivity index (χ4v) is 2.41. The van der Waals surface area contributed by atoms with E-state index in [1.165, 1.54) is 0 Å². The number of Topliss-reactive ketones (excluding diaryl/α,β-unsaturated/α-hetero) is 1. The number of carbonyl (C=O) groups is 2. The van der Waals surface area contributed by atoms with Crippen LogP contribution in [-0.4, -0.2) is 16.9 Å². The van der Waals surface area contributed by atoms with Gasteiger partial charge in [-0.05, 0) is 18.8 Å². The van der Waals surface area contributed by atoms with Gasteiger partial charge in [0.1, 0.15) is 0 Å². The lowest BCUT2D eigenvalue weighted by Crippen LogP contribution is -2.30. The molecule has 0 heterocycles. The van der Waals surface area contributed by atoms with E-state index in [0.29, 0.717) is 18.4 Å². The second-order valence-corrected chi connectivity index (χ2v) is 5.32. The molecule has 2 atom stereocenters. The van der Waals surface area contributed by atoms with Crippen LogP contribution in [0, 0.1) is 17.8 Å². The SMILES string of the molecule is CCC(C(=O)c1ccccc1)C(CC(C)C)C(=O)O. The van der Waals surface area contributed by atoms with Crippen LogP contribution in [0.2, 0.25) is 0 Å². The van der Waals surface area contributed by atoms with Crippen LogP contribution in [0.3, 0.4) is 0 Å². The molecule has 1 aromatic rings. The summed E-state index contributed by atoms with van der Waals surface area (Å²) in [5, 5.41) is 9.37. The summed E-state index contributed by atoms with van der Waals surface area (Å²) in [6, 6.07) is 8.95. The Morgan fingerprint density at radius 3 is 2.11 bits per heavy atom. The quantitative estimate of drug-likeness (QED) is 0.763. The fourth-order valence-electron chi connectivity index (χ4n) is 2.41. The van der Waals surface area contributed by atoms with Crippen LogP contribution in [0.4, 0.5) is 0 Å². The number of hydrogen-bond acceptors (Lipinski definition) is 2. The largest absolute Gasteiger partial charge is 0.481 e. The highest BCUT2D eigenvalue weighted by atomic mass is 16.4. The summed E-state index contributed by atoms with van der Waals surface area (Å²) < 4.78 is 0. The number of rotatable bonds is 7. The summed E-state index contributed by atoms with van der Waals surface area (Å²) in [5.74, 6) is -1.71. The maximum Gasteiger partial charge on any atom is 0.307 e. The zero-order chi connectivity index (χ0) is 14.4. The maximum atomic E-state index is 12.4. The van der Waals surface area contributed by atoms with Gasteiger partial charge >= 0.3 is 5.97 Å². The molecule has 19 heavy (non-hydrogen) atoms. The summed E-state index contributed by atoms with van der Waals surface area (Å²) in [5.41, 5.74) is 0.601. The lowest BCUT2D eigenvalue weighted by atomic mass is 9.79. The number of ketones is 1. The summed E-state index contributed by atoms with van der Waals surface area (Å²) in [6.45, 7) is 5.84. The molecule has 3 nitrogen and oxygen atoms in total. The van der Waals surface area contributed by atoms with Gasteiger partial charge in [-0.25, -0.2) is 0 Å². The van der Waals surface area contributed by atoms with Crippen molar-refractivity contribution in [2.24, 2.45) is 17.8 Å². The van der Waals surface area contributed by atoms with Crippen molar-refractivity contribution in [2.45, 2.75) is 33.6 Å². The first kappa shape index (κ1) is 15.4. The van der Waals surface area contributed by atoms with Crippen molar-refractivity contribution in [1.82, 2.24) is 0 Å². The summed E-state index contributed by atoms with van der Waals surface area (Å²) in [4.78, 5) is 23.9. The molecule has 3 heteroatoms. The standard InChI is InChI=1S/C16H22O3/c1-4-13(14(16(18)19)10-11(2)3)15(17)12-8-6-5-7-9-12/h5-9,11,13-14H,4,10H2,1-3H3,(H,18,19). The molecule has 0 bridgehead atoms. The molecule has 0 spiro atoms. The topological polar surface area (TPSA) is 54.4 Å². The number of aliphatic carboxylic acids is 1. The number of carboxylic acids is 1. The van der Waals surface area contributed by atoms with E-state index in [1.807, 2.05) is 26.8 Å². The molecule has 2 unspecified atom stereocenters. The van der Waals surface area contributed by atoms with Crippen LogP contribution in [0.5, 0.6) is 0 Å². The molecule has 0 aliphatic rings. The van der Waals surface area contributed by atoms with Crippen LogP contribution in [0.25, 0.3) is 0 Å². The first-order chi connectivity index (χ1) is 8.97. The Bertz CT molecular complexity index is 423. The fraction of sp³-hybridized carbons (Fsp3) is 0.500. The molecule has 0 aliphatic carbocycles. The molecule has 1 N–H and O–H groups in total. The van der Waals surface area contributed by atoms with Crippen molar-refractivity contribution in [3.63, 3.8) is 0 Å². The second-order valence-electron chi connectivity index (χ2n) is 5.32. The minimum Gasteiger partial charge on any atom is -0.481 e. The van der Waals surface area contributed by atoms with E-state index in [9.17, 15) is 14.7 Å². The highest BCUT2D eigenvalue weighted by Gasteiger charge is 2.33. The summed E-state index contributed by atoms with van der Waals surface area (Å²) in [7, 11) is 0. The van der Waals surface area contributed by atoms with Gasteiger partial charge < -0.3 is 5.11 Å². The zero-order valence-electron chi connectivity index (χ0n) is 11.8. The molecule has 0 amide bonds. The van der Waals surface area contributed by atoms with E-state index < -0.39 is 17.8 Å². The molecule has 0 saturated carbocycles. The van der Waals surface area contributed by atoms with Crippen LogP contribution >= 0.6 is 0 Å². The molecule has 0 radical (unpaired) electrons. The van der Waals surface area contributed by atoms with Gasteiger partial charge in [-0.1, -0.05) is 51.1 Å². The Hall–Kier alpha value is -1.64. The number of carbonyl (C=O) groups excluding carboxylic acids is 1. The Morgan fingerprint density at radius 2 is 1.68 bits per heavy atom. The highest BCUT2D eigenvalue weighted by molar-refractivity contribution is 5.99. The molecule has 1 rings (SSSR count). The Labute approximate surface area is 114 Å². The van der Waals surface area contributed by atoms with Gasteiger partial charge in [0.2, 0.25) is 0 Å². The molecule has 104 valence electrons. The van der Waals surface area contributed by atoms with E-state index in [0.717, 1.165) is 0 Å². The second kappa shape index (κ2) is 7.07. The maximum absolute atomic E-state index is 12.4. The monoisotopic (exact) mass is 262 g/mol. The van der Waals surface area contributed by atoms with E-state index in [2.05, 4.69) is 0 Å². The third-order valence-electron chi connectivity index (χ3n) is 3.36. The van der Waals surface area contributed by atoms with Crippen molar-refractivity contribution < 1.29 is 14.7 Å². The van der Waals surface area contributed by atoms with Crippen molar-refractivity contribution in [3.05, 3.63) is 35.9 Å². The lowest BCUT2D eigenvalue weighted by Gasteiger charge is -2.23. The van der Waals surface area contributed by atoms with E-state index in [-0.39, 0.29) is 11.7 Å². The molecular formula is C16H22O3. The normalized spacial score (nSPS) is 14.1. The Balaban J connectivity index is 2.97. The van der Waals surface area contributed by atoms with E-state index in [1.54, 1.807) is 24.3 Å². The minimum absolute atomic E-state index is 0.0591. The third kappa shape index (κ3) is 4.19. The Kier molecular flexibility index (Phi) is 5.74. The Morgan fingerprint density at radius 1 is 1.11 bits per heavy atom. The van der Waals surface area contributed by atoms with E-state index in [4.69, 9.17) is 0 Å². The average Bonchev–Trinajstić information content (AvgIpc) is 2.38. The zero-order valence-corrected chi connectivity index (χ0v) is 11.8. The molecule has 0 fully saturated rings. The van der Waals surface area contributed by atoms with Gasteiger partial charge in [0.25, 0.3) is 0 Å². The van der Waals surface area contributed by atoms with Gasteiger partial charge in [0.05, 0.1) is 5.92 Å². The van der Waals surface area contributed by atoms with Gasteiger partial charge in [0.15, 0.2) is 5.78 Å². The molecule has 0 aromatic heterocycles. The average molecular weight is 262 g/mol. The van der Waals surface area contributed by atoms with Crippen molar-refractivity contribution in [2.75, 3.05) is 0 Å². The first-order valence-electron chi connectivity index (χ1n) is 6.79. The van der Waals surface area contributed by atoms with Crippen LogP contribution in [0.1, 0.15) is 44.0 Å². The van der Waals surface area contributed by atoms with Crippen LogP contribution in [0.15, 0.2) is 30.3 Å². The van der Waals surface area contributed by atoms with Crippen LogP contribution in [-0.2, 0) is 4.79 Å². The van der Waals surface area contributed by atoms with Gasteiger partial charge in [0, 0.05) is 11.5 Å². The predicted molar refractivity (Wildman–Crippen MR) is 75.1 cm³/mol. The molecule has 0 aliphatic heterocycles. The smallest absolute Gasteiger partial charge is 0.307 e. The van der Waals surface area contributed by atoms with Crippen molar-refractivity contribution >= 4 is 11.8 Å². The number of hydrogen-bond donors (Lipinski definition) is 1. The lowest BCUT2D eigenvalue weighted by molar-refractivity contribution is -0.143. The first-order valence-corrected chi connectivity index (χ1v) is 6.79. The molecule has 0 saturated heterocycles. The van der Waals surface area contributed by atoms with Gasteiger partial charge in [-0.2, -0.15) is 0 Å². The highest BCUT2D eigenvalue weighted by Crippen LogP contribution is 2.27. The third-order valence-corrected chi connectivity index (χ3v) is 3.36. The predicted octanol–water partition coefficient (Wildman–Crippen LogP) is 3.64. The van der Waals surface area contributed by atoms with Crippen molar-refractivity contribution in [3.8, 4) is 0 Å². The summed E-state index contributed by atoms with van der Waals surface area (Å²) >= 11 is 0. The number of benzene rings is 1. The van der Waals surface area contributed by atoms with E-state index >= 15 is 0 Å². The van der Waals surface area contributed by atoms with Crippen molar-refractivity contribution in [1.29, 1.82) is 0 Å². The summed E-state index contributed by atoms with van der Waals surface area (Å²) in [6.07, 6.45) is 1.09. The van der Waals surface area contributed by atoms with Gasteiger partial charge in [-0.3, -0.25) is 9.59 Å². The van der Waals surface area contributed by atoms with Gasteiger partial charge in [-0.15, -0.1) is 0 Å².